The van der Waals surface area contributed by atoms with Crippen LogP contribution in [0.3, 0.4) is 0 Å². The largest absolute Gasteiger partial charge is 0.383 e. The molecule has 0 spiro atoms. The lowest BCUT2D eigenvalue weighted by Gasteiger charge is -2.29. The van der Waals surface area contributed by atoms with Gasteiger partial charge in [0.05, 0.1) is 0 Å². The summed E-state index contributed by atoms with van der Waals surface area (Å²) < 4.78 is 0. The third-order valence-electron chi connectivity index (χ3n) is 5.31. The first-order valence-electron chi connectivity index (χ1n) is 10.1. The highest BCUT2D eigenvalue weighted by Gasteiger charge is 2.23. The molecule has 2 unspecified atom stereocenters. The van der Waals surface area contributed by atoms with Crippen molar-refractivity contribution >= 4 is 11.5 Å². The van der Waals surface area contributed by atoms with Crippen molar-refractivity contribution in [3.05, 3.63) is 89.3 Å². The summed E-state index contributed by atoms with van der Waals surface area (Å²) >= 11 is 0. The molecule has 0 aliphatic carbocycles. The van der Waals surface area contributed by atoms with E-state index in [2.05, 4.69) is 90.5 Å². The summed E-state index contributed by atoms with van der Waals surface area (Å²) in [5.74, 6) is 1.36. The fourth-order valence-corrected chi connectivity index (χ4v) is 3.92. The Hall–Kier alpha value is -3.01. The number of nitrogens with zero attached hydrogens (tertiary/aromatic N) is 1. The normalized spacial score (nSPS) is 22.4. The monoisotopic (exact) mass is 372 g/mol. The minimum absolute atomic E-state index is 0.0953. The van der Waals surface area contributed by atoms with Crippen molar-refractivity contribution in [3.8, 4) is 0 Å². The van der Waals surface area contributed by atoms with Gasteiger partial charge in [-0.3, -0.25) is 0 Å². The second-order valence-electron chi connectivity index (χ2n) is 7.35. The van der Waals surface area contributed by atoms with Crippen LogP contribution >= 0.6 is 0 Å². The van der Waals surface area contributed by atoms with Crippen molar-refractivity contribution in [2.75, 3.05) is 11.9 Å². The Labute approximate surface area is 167 Å². The minimum atomic E-state index is -0.0953. The van der Waals surface area contributed by atoms with E-state index in [0.717, 1.165) is 47.7 Å². The second-order valence-corrected chi connectivity index (χ2v) is 7.35. The summed E-state index contributed by atoms with van der Waals surface area (Å²) in [6.45, 7) is 5.26. The van der Waals surface area contributed by atoms with Crippen molar-refractivity contribution in [1.29, 1.82) is 0 Å². The van der Waals surface area contributed by atoms with Gasteiger partial charge in [-0.2, -0.15) is 0 Å². The molecule has 0 amide bonds. The van der Waals surface area contributed by atoms with Gasteiger partial charge < -0.3 is 16.0 Å². The van der Waals surface area contributed by atoms with E-state index in [1.54, 1.807) is 0 Å². The first-order chi connectivity index (χ1) is 13.8. The highest BCUT2D eigenvalue weighted by molar-refractivity contribution is 6.05. The molecule has 2 aromatic carbocycles. The van der Waals surface area contributed by atoms with Gasteiger partial charge in [0.15, 0.2) is 0 Å². The fraction of sp³-hybridized carbons (Fsp3) is 0.292. The van der Waals surface area contributed by atoms with E-state index in [4.69, 9.17) is 4.99 Å². The van der Waals surface area contributed by atoms with E-state index in [1.165, 1.54) is 5.70 Å². The number of hydrogen-bond donors (Lipinski definition) is 3. The van der Waals surface area contributed by atoms with Crippen molar-refractivity contribution in [2.45, 2.75) is 32.9 Å². The number of rotatable bonds is 4. The first kappa shape index (κ1) is 18.4. The van der Waals surface area contributed by atoms with Gasteiger partial charge >= 0.3 is 0 Å². The molecule has 2 heterocycles. The number of nitrogens with one attached hydrogen (secondary N) is 3. The number of para-hydroxylation sites is 1. The average Bonchev–Trinajstić information content (AvgIpc) is 2.75. The van der Waals surface area contributed by atoms with E-state index >= 15 is 0 Å². The van der Waals surface area contributed by atoms with Gasteiger partial charge in [-0.25, -0.2) is 4.99 Å². The number of hydrogen-bond acceptors (Lipinski definition) is 4. The van der Waals surface area contributed by atoms with Crippen LogP contribution in [0, 0.1) is 5.92 Å². The predicted molar refractivity (Wildman–Crippen MR) is 117 cm³/mol. The fourth-order valence-electron chi connectivity index (χ4n) is 3.92. The lowest BCUT2D eigenvalue weighted by atomic mass is 9.95. The molecule has 3 N–H and O–H groups in total. The molecule has 0 radical (unpaired) electrons. The number of allylic oxidation sites excluding steroid dienone is 2. The van der Waals surface area contributed by atoms with Gasteiger partial charge in [0.2, 0.25) is 0 Å². The van der Waals surface area contributed by atoms with Crippen LogP contribution in [0.5, 0.6) is 0 Å². The molecule has 4 rings (SSSR count). The van der Waals surface area contributed by atoms with E-state index in [0.29, 0.717) is 5.92 Å². The van der Waals surface area contributed by atoms with Crippen LogP contribution in [0.2, 0.25) is 0 Å². The maximum absolute atomic E-state index is 5.01. The topological polar surface area (TPSA) is 48.5 Å². The Morgan fingerprint density at radius 1 is 1.11 bits per heavy atom. The lowest BCUT2D eigenvalue weighted by molar-refractivity contribution is 0.582. The molecule has 4 heteroatoms. The molecule has 0 fully saturated rings. The Bertz CT molecular complexity index is 911. The van der Waals surface area contributed by atoms with Crippen molar-refractivity contribution in [3.63, 3.8) is 0 Å². The Kier molecular flexibility index (Phi) is 5.47. The molecule has 28 heavy (non-hydrogen) atoms. The van der Waals surface area contributed by atoms with E-state index < -0.39 is 0 Å². The molecule has 4 nitrogen and oxygen atoms in total. The van der Waals surface area contributed by atoms with Gasteiger partial charge in [-0.1, -0.05) is 68.0 Å². The number of fused-ring (bicyclic) bond motifs is 1. The summed E-state index contributed by atoms with van der Waals surface area (Å²) in [6.07, 6.45) is 6.76. The number of amidine groups is 1. The van der Waals surface area contributed by atoms with Crippen LogP contribution in [-0.4, -0.2) is 12.4 Å². The maximum Gasteiger partial charge on any atom is 0.147 e. The smallest absolute Gasteiger partial charge is 0.147 e. The number of benzene rings is 2. The summed E-state index contributed by atoms with van der Waals surface area (Å²) in [5.41, 5.74) is 5.79. The molecule has 2 aliphatic heterocycles. The Balaban J connectivity index is 1.68. The maximum atomic E-state index is 5.01. The zero-order valence-electron chi connectivity index (χ0n) is 16.6. The molecule has 2 aromatic rings. The zero-order chi connectivity index (χ0) is 19.3. The van der Waals surface area contributed by atoms with Gasteiger partial charge in [0, 0.05) is 35.1 Å². The summed E-state index contributed by atoms with van der Waals surface area (Å²) in [7, 11) is 0. The van der Waals surface area contributed by atoms with Crippen LogP contribution in [0.25, 0.3) is 0 Å². The van der Waals surface area contributed by atoms with Crippen LogP contribution in [0.1, 0.15) is 44.0 Å². The highest BCUT2D eigenvalue weighted by atomic mass is 15.2. The number of aliphatic imine (C=N–C) groups is 1. The Morgan fingerprint density at radius 2 is 1.89 bits per heavy atom. The van der Waals surface area contributed by atoms with Gasteiger partial charge in [0.1, 0.15) is 12.0 Å². The van der Waals surface area contributed by atoms with Gasteiger partial charge in [0.25, 0.3) is 0 Å². The number of anilines is 1. The predicted octanol–water partition coefficient (Wildman–Crippen LogP) is 4.95. The standard InChI is InChI=1S/C24H28N4/c1-3-10-18-13-9-16-25-22(18)17(2)26-24-20-14-7-8-15-21(20)27-23(28-24)19-11-5-4-6-12-19/h4-9,11-15,18,23,25,27H,3,10,16H2,1-2H3,(H,26,28)/b22-17-. The van der Waals surface area contributed by atoms with E-state index in [9.17, 15) is 0 Å². The molecule has 0 saturated heterocycles. The molecule has 2 aliphatic rings. The summed E-state index contributed by atoms with van der Waals surface area (Å²) in [4.78, 5) is 5.01. The molecule has 144 valence electrons. The van der Waals surface area contributed by atoms with Crippen molar-refractivity contribution in [2.24, 2.45) is 10.9 Å². The molecule has 0 saturated carbocycles. The van der Waals surface area contributed by atoms with Gasteiger partial charge in [-0.15, -0.1) is 0 Å². The molecular formula is C24H28N4. The lowest BCUT2D eigenvalue weighted by Crippen LogP contribution is -2.34. The first-order valence-corrected chi connectivity index (χ1v) is 10.1. The van der Waals surface area contributed by atoms with Crippen LogP contribution in [-0.2, 0) is 0 Å². The molecular weight excluding hydrogens is 344 g/mol. The van der Waals surface area contributed by atoms with Crippen LogP contribution in [0.15, 0.2) is 83.1 Å². The van der Waals surface area contributed by atoms with Crippen molar-refractivity contribution in [1.82, 2.24) is 10.6 Å². The highest BCUT2D eigenvalue weighted by Crippen LogP contribution is 2.30. The van der Waals surface area contributed by atoms with E-state index in [1.807, 2.05) is 6.07 Å². The van der Waals surface area contributed by atoms with Crippen molar-refractivity contribution < 1.29 is 0 Å². The average molecular weight is 373 g/mol. The molecule has 0 aromatic heterocycles. The minimum Gasteiger partial charge on any atom is -0.383 e. The third kappa shape index (κ3) is 3.81. The van der Waals surface area contributed by atoms with E-state index in [-0.39, 0.29) is 6.17 Å². The van der Waals surface area contributed by atoms with Crippen LogP contribution in [0.4, 0.5) is 5.69 Å². The SMILES string of the molecule is CCCC1C=CCN/C1=C(/C)NC1=NC(c2ccccc2)Nc2ccccc21. The Morgan fingerprint density at radius 3 is 2.71 bits per heavy atom. The second kappa shape index (κ2) is 8.34. The van der Waals surface area contributed by atoms with Gasteiger partial charge in [-0.05, 0) is 31.0 Å². The van der Waals surface area contributed by atoms with Crippen LogP contribution < -0.4 is 16.0 Å². The zero-order valence-corrected chi connectivity index (χ0v) is 16.6. The molecule has 2 atom stereocenters. The quantitative estimate of drug-likeness (QED) is 0.665. The summed E-state index contributed by atoms with van der Waals surface area (Å²) in [5, 5.41) is 10.8. The summed E-state index contributed by atoms with van der Waals surface area (Å²) in [6, 6.07) is 18.7. The molecule has 0 bridgehead atoms. The third-order valence-corrected chi connectivity index (χ3v) is 5.31.